The first-order chi connectivity index (χ1) is 10.7. The monoisotopic (exact) mass is 295 g/mol. The van der Waals surface area contributed by atoms with E-state index in [4.69, 9.17) is 9.47 Å². The number of hydrogen-bond donors (Lipinski definition) is 0. The van der Waals surface area contributed by atoms with Crippen molar-refractivity contribution in [3.63, 3.8) is 0 Å². The molecule has 5 nitrogen and oxygen atoms in total. The summed E-state index contributed by atoms with van der Waals surface area (Å²) in [6.45, 7) is -0.409. The van der Waals surface area contributed by atoms with E-state index in [1.165, 1.54) is 0 Å². The van der Waals surface area contributed by atoms with Crippen LogP contribution in [0.2, 0.25) is 0 Å². The minimum Gasteiger partial charge on any atom is -0.493 e. The largest absolute Gasteiger partial charge is 0.493 e. The molecule has 1 aromatic heterocycles. The van der Waals surface area contributed by atoms with Crippen LogP contribution >= 0.6 is 0 Å². The molecule has 1 radical (unpaired) electrons. The highest BCUT2D eigenvalue weighted by molar-refractivity contribution is 5.84. The molecule has 0 atom stereocenters. The predicted octanol–water partition coefficient (Wildman–Crippen LogP) is 3.24. The molecule has 3 aromatic rings. The molecule has 0 fully saturated rings. The smallest absolute Gasteiger partial charge is 0.161 e. The van der Waals surface area contributed by atoms with E-state index >= 15 is 0 Å². The molecule has 111 valence electrons. The summed E-state index contributed by atoms with van der Waals surface area (Å²) in [5.74, 6) is 1.68. The van der Waals surface area contributed by atoms with Gasteiger partial charge in [-0.1, -0.05) is 12.1 Å². The molecule has 1 heterocycles. The summed E-state index contributed by atoms with van der Waals surface area (Å²) in [5.41, 5.74) is 2.80. The van der Waals surface area contributed by atoms with Crippen molar-refractivity contribution >= 4 is 10.9 Å². The molecule has 22 heavy (non-hydrogen) atoms. The fraction of sp³-hybridized carbons (Fsp3) is 0.176. The Morgan fingerprint density at radius 1 is 0.955 bits per heavy atom. The molecule has 0 amide bonds. The van der Waals surface area contributed by atoms with Crippen LogP contribution in [0.4, 0.5) is 0 Å². The van der Waals surface area contributed by atoms with Crippen LogP contribution in [0.1, 0.15) is 5.82 Å². The van der Waals surface area contributed by atoms with Gasteiger partial charge in [-0.15, -0.1) is 0 Å². The molecule has 0 saturated heterocycles. The van der Waals surface area contributed by atoms with Gasteiger partial charge in [0, 0.05) is 11.6 Å². The van der Waals surface area contributed by atoms with E-state index in [1.807, 2.05) is 36.4 Å². The van der Waals surface area contributed by atoms with Gasteiger partial charge in [-0.2, -0.15) is 0 Å². The first-order valence-corrected chi connectivity index (χ1v) is 6.81. The third-order valence-electron chi connectivity index (χ3n) is 3.48. The molecule has 0 spiro atoms. The first kappa shape index (κ1) is 14.3. The predicted molar refractivity (Wildman–Crippen MR) is 82.5 cm³/mol. The van der Waals surface area contributed by atoms with Gasteiger partial charge in [-0.3, -0.25) is 0 Å². The minimum absolute atomic E-state index is 0.311. The van der Waals surface area contributed by atoms with Crippen molar-refractivity contribution in [2.24, 2.45) is 0 Å². The average Bonchev–Trinajstić information content (AvgIpc) is 2.60. The lowest BCUT2D eigenvalue weighted by molar-refractivity contribution is 0.170. The Hall–Kier alpha value is -2.66. The van der Waals surface area contributed by atoms with Crippen LogP contribution in [-0.4, -0.2) is 24.2 Å². The zero-order chi connectivity index (χ0) is 15.5. The van der Waals surface area contributed by atoms with Gasteiger partial charge in [-0.05, 0) is 35.4 Å². The van der Waals surface area contributed by atoms with E-state index in [-0.39, 0.29) is 0 Å². The highest BCUT2D eigenvalue weighted by atomic mass is 16.5. The standard InChI is InChI=1S/C17H15N2O3/c1-21-15-6-4-12(8-16(15)22-2)11-3-5-14-13(7-11)9-18-17(10-20)19-14/h3-9H,10H2,1-2H3. The van der Waals surface area contributed by atoms with E-state index in [9.17, 15) is 5.11 Å². The van der Waals surface area contributed by atoms with E-state index in [2.05, 4.69) is 9.97 Å². The van der Waals surface area contributed by atoms with Crippen molar-refractivity contribution in [1.82, 2.24) is 9.97 Å². The molecule has 2 aromatic carbocycles. The molecule has 0 aliphatic rings. The van der Waals surface area contributed by atoms with Crippen molar-refractivity contribution < 1.29 is 14.6 Å². The number of benzene rings is 2. The third-order valence-corrected chi connectivity index (χ3v) is 3.48. The first-order valence-electron chi connectivity index (χ1n) is 6.81. The van der Waals surface area contributed by atoms with Gasteiger partial charge in [0.15, 0.2) is 17.3 Å². The molecule has 0 aliphatic carbocycles. The fourth-order valence-corrected chi connectivity index (χ4v) is 2.34. The van der Waals surface area contributed by atoms with E-state index in [1.54, 1.807) is 20.4 Å². The Balaban J connectivity index is 2.06. The molecule has 0 N–H and O–H groups in total. The van der Waals surface area contributed by atoms with Crippen LogP contribution in [0.25, 0.3) is 22.0 Å². The van der Waals surface area contributed by atoms with Gasteiger partial charge in [0.1, 0.15) is 6.61 Å². The lowest BCUT2D eigenvalue weighted by Crippen LogP contribution is -1.94. The molecule has 0 aliphatic heterocycles. The molecular formula is C17H15N2O3. The summed E-state index contributed by atoms with van der Waals surface area (Å²) in [4.78, 5) is 8.27. The Labute approximate surface area is 128 Å². The summed E-state index contributed by atoms with van der Waals surface area (Å²) >= 11 is 0. The summed E-state index contributed by atoms with van der Waals surface area (Å²) in [6, 6.07) is 11.6. The van der Waals surface area contributed by atoms with Crippen molar-refractivity contribution in [3.05, 3.63) is 48.4 Å². The Morgan fingerprint density at radius 3 is 2.41 bits per heavy atom. The van der Waals surface area contributed by atoms with Crippen LogP contribution in [0.15, 0.2) is 42.6 Å². The van der Waals surface area contributed by atoms with Crippen LogP contribution in [0.3, 0.4) is 0 Å². The van der Waals surface area contributed by atoms with E-state index in [0.29, 0.717) is 17.3 Å². The topological polar surface area (TPSA) is 64.1 Å². The van der Waals surface area contributed by atoms with Gasteiger partial charge >= 0.3 is 0 Å². The second-order valence-corrected chi connectivity index (χ2v) is 4.77. The summed E-state index contributed by atoms with van der Waals surface area (Å²) in [6.07, 6.45) is 1.68. The summed E-state index contributed by atoms with van der Waals surface area (Å²) in [5, 5.41) is 11.7. The summed E-state index contributed by atoms with van der Waals surface area (Å²) < 4.78 is 10.6. The van der Waals surface area contributed by atoms with E-state index in [0.717, 1.165) is 22.0 Å². The van der Waals surface area contributed by atoms with Gasteiger partial charge in [0.25, 0.3) is 0 Å². The van der Waals surface area contributed by atoms with Gasteiger partial charge in [0.2, 0.25) is 0 Å². The maximum Gasteiger partial charge on any atom is 0.161 e. The number of methoxy groups -OCH3 is 2. The Bertz CT molecular complexity index is 818. The number of nitrogens with zero attached hydrogens (tertiary/aromatic N) is 2. The van der Waals surface area contributed by atoms with E-state index < -0.39 is 6.61 Å². The number of fused-ring (bicyclic) bond motifs is 1. The third kappa shape index (κ3) is 2.58. The second-order valence-electron chi connectivity index (χ2n) is 4.77. The highest BCUT2D eigenvalue weighted by Crippen LogP contribution is 2.33. The number of rotatable bonds is 4. The maximum atomic E-state index is 10.8. The average molecular weight is 295 g/mol. The Morgan fingerprint density at radius 2 is 1.68 bits per heavy atom. The van der Waals surface area contributed by atoms with Crippen molar-refractivity contribution in [1.29, 1.82) is 0 Å². The van der Waals surface area contributed by atoms with Crippen LogP contribution in [-0.2, 0) is 11.7 Å². The molecule has 0 bridgehead atoms. The summed E-state index contributed by atoms with van der Waals surface area (Å²) in [7, 11) is 3.22. The SMILES string of the molecule is COc1ccc(-c2ccc3nc(C[O])ncc3c2)cc1OC. The number of hydrogen-bond acceptors (Lipinski definition) is 4. The Kier molecular flexibility index (Phi) is 3.89. The lowest BCUT2D eigenvalue weighted by Gasteiger charge is -2.10. The lowest BCUT2D eigenvalue weighted by atomic mass is 10.0. The van der Waals surface area contributed by atoms with Crippen molar-refractivity contribution in [2.75, 3.05) is 14.2 Å². The second kappa shape index (κ2) is 5.99. The molecular weight excluding hydrogens is 280 g/mol. The molecule has 0 unspecified atom stereocenters. The zero-order valence-electron chi connectivity index (χ0n) is 12.4. The van der Waals surface area contributed by atoms with Crippen LogP contribution < -0.4 is 9.47 Å². The molecule has 5 heteroatoms. The number of aromatic nitrogens is 2. The zero-order valence-corrected chi connectivity index (χ0v) is 12.4. The maximum absolute atomic E-state index is 10.8. The number of ether oxygens (including phenoxy) is 2. The fourth-order valence-electron chi connectivity index (χ4n) is 2.34. The van der Waals surface area contributed by atoms with Gasteiger partial charge in [-0.25, -0.2) is 15.1 Å². The minimum atomic E-state index is -0.409. The molecule has 0 saturated carbocycles. The normalized spacial score (nSPS) is 10.7. The molecule has 3 rings (SSSR count). The van der Waals surface area contributed by atoms with Crippen molar-refractivity contribution in [3.8, 4) is 22.6 Å². The highest BCUT2D eigenvalue weighted by Gasteiger charge is 2.07. The van der Waals surface area contributed by atoms with Crippen LogP contribution in [0, 0.1) is 0 Å². The van der Waals surface area contributed by atoms with Crippen molar-refractivity contribution in [2.45, 2.75) is 6.61 Å². The van der Waals surface area contributed by atoms with Crippen LogP contribution in [0.5, 0.6) is 11.5 Å². The van der Waals surface area contributed by atoms with Gasteiger partial charge in [0.05, 0.1) is 19.7 Å². The quantitative estimate of drug-likeness (QED) is 0.741. The van der Waals surface area contributed by atoms with Gasteiger partial charge < -0.3 is 9.47 Å².